The highest BCUT2D eigenvalue weighted by Gasteiger charge is 2.34. The second kappa shape index (κ2) is 5.83. The summed E-state index contributed by atoms with van der Waals surface area (Å²) in [6, 6.07) is 8.37. The van der Waals surface area contributed by atoms with E-state index < -0.39 is 0 Å². The minimum atomic E-state index is 0.175. The summed E-state index contributed by atoms with van der Waals surface area (Å²) >= 11 is 0. The Kier molecular flexibility index (Phi) is 3.92. The molecule has 3 rings (SSSR count). The molecule has 1 amide bonds. The lowest BCUT2D eigenvalue weighted by Gasteiger charge is -2.27. The average Bonchev–Trinajstić information content (AvgIpc) is 3.18. The van der Waals surface area contributed by atoms with E-state index >= 15 is 0 Å². The fourth-order valence-electron chi connectivity index (χ4n) is 3.30. The van der Waals surface area contributed by atoms with E-state index in [2.05, 4.69) is 22.3 Å². The van der Waals surface area contributed by atoms with E-state index in [9.17, 15) is 4.79 Å². The van der Waals surface area contributed by atoms with Gasteiger partial charge in [0, 0.05) is 13.1 Å². The molecular weight excluding hydrogens is 252 g/mol. The number of likely N-dealkylation sites (tertiary alicyclic amines) is 1. The van der Waals surface area contributed by atoms with Crippen LogP contribution in [0.15, 0.2) is 24.3 Å². The molecule has 2 unspecified atom stereocenters. The van der Waals surface area contributed by atoms with Gasteiger partial charge in [-0.2, -0.15) is 0 Å². The summed E-state index contributed by atoms with van der Waals surface area (Å²) in [5.41, 5.74) is 1.22. The van der Waals surface area contributed by atoms with Crippen LogP contribution in [0.3, 0.4) is 0 Å². The molecule has 2 aliphatic rings. The van der Waals surface area contributed by atoms with Crippen molar-refractivity contribution in [3.8, 4) is 5.75 Å². The van der Waals surface area contributed by atoms with E-state index in [-0.39, 0.29) is 12.0 Å². The number of amides is 1. The van der Waals surface area contributed by atoms with Gasteiger partial charge in [0.1, 0.15) is 5.75 Å². The molecule has 4 heteroatoms. The fourth-order valence-corrected chi connectivity index (χ4v) is 3.30. The van der Waals surface area contributed by atoms with E-state index in [1.807, 2.05) is 12.1 Å². The van der Waals surface area contributed by atoms with E-state index in [1.54, 1.807) is 7.11 Å². The van der Waals surface area contributed by atoms with Crippen LogP contribution in [-0.2, 0) is 4.79 Å². The Balaban J connectivity index is 1.75. The molecule has 2 saturated heterocycles. The van der Waals surface area contributed by atoms with Crippen LogP contribution in [0.1, 0.15) is 30.9 Å². The van der Waals surface area contributed by atoms with Crippen molar-refractivity contribution in [3.63, 3.8) is 0 Å². The topological polar surface area (TPSA) is 41.6 Å². The zero-order chi connectivity index (χ0) is 13.9. The first kappa shape index (κ1) is 13.4. The van der Waals surface area contributed by atoms with Gasteiger partial charge in [0.25, 0.3) is 0 Å². The van der Waals surface area contributed by atoms with Gasteiger partial charge in [-0.05, 0) is 43.5 Å². The number of hydrogen-bond acceptors (Lipinski definition) is 3. The van der Waals surface area contributed by atoms with Crippen LogP contribution in [0.4, 0.5) is 0 Å². The van der Waals surface area contributed by atoms with E-state index in [4.69, 9.17) is 4.74 Å². The Morgan fingerprint density at radius 3 is 2.75 bits per heavy atom. The Morgan fingerprint density at radius 2 is 2.10 bits per heavy atom. The molecule has 0 aliphatic carbocycles. The lowest BCUT2D eigenvalue weighted by atomic mass is 10.0. The first-order chi connectivity index (χ1) is 9.79. The number of nitrogens with zero attached hydrogens (tertiary/aromatic N) is 1. The first-order valence-electron chi connectivity index (χ1n) is 7.45. The zero-order valence-corrected chi connectivity index (χ0v) is 12.0. The largest absolute Gasteiger partial charge is 0.497 e. The van der Waals surface area contributed by atoms with Gasteiger partial charge < -0.3 is 15.0 Å². The maximum atomic E-state index is 12.6. The van der Waals surface area contributed by atoms with Gasteiger partial charge in [0.15, 0.2) is 0 Å². The number of nitrogens with one attached hydrogen (secondary N) is 1. The molecule has 1 N–H and O–H groups in total. The normalized spacial score (nSPS) is 25.9. The van der Waals surface area contributed by atoms with Crippen LogP contribution in [-0.4, -0.2) is 37.6 Å². The quantitative estimate of drug-likeness (QED) is 0.916. The van der Waals surface area contributed by atoms with Crippen molar-refractivity contribution in [2.24, 2.45) is 5.92 Å². The van der Waals surface area contributed by atoms with Crippen molar-refractivity contribution in [2.75, 3.05) is 26.7 Å². The maximum absolute atomic E-state index is 12.6. The minimum Gasteiger partial charge on any atom is -0.497 e. The summed E-state index contributed by atoms with van der Waals surface area (Å²) < 4.78 is 5.20. The molecule has 2 aliphatic heterocycles. The van der Waals surface area contributed by atoms with Crippen molar-refractivity contribution in [3.05, 3.63) is 29.8 Å². The Hall–Kier alpha value is -1.55. The van der Waals surface area contributed by atoms with Gasteiger partial charge in [-0.25, -0.2) is 0 Å². The number of benzene rings is 1. The Morgan fingerprint density at radius 1 is 1.30 bits per heavy atom. The van der Waals surface area contributed by atoms with Gasteiger partial charge in [0.2, 0.25) is 5.91 Å². The molecule has 20 heavy (non-hydrogen) atoms. The number of methoxy groups -OCH3 is 1. The molecule has 0 radical (unpaired) electrons. The molecule has 0 spiro atoms. The summed E-state index contributed by atoms with van der Waals surface area (Å²) in [6.45, 7) is 2.70. The number of carbonyl (C=O) groups is 1. The summed E-state index contributed by atoms with van der Waals surface area (Å²) in [7, 11) is 1.67. The zero-order valence-electron chi connectivity index (χ0n) is 12.0. The summed E-state index contributed by atoms with van der Waals surface area (Å²) in [5.74, 6) is 1.37. The summed E-state index contributed by atoms with van der Waals surface area (Å²) in [5, 5.41) is 3.28. The molecule has 1 aromatic carbocycles. The second-order valence-corrected chi connectivity index (χ2v) is 5.65. The highest BCUT2D eigenvalue weighted by Crippen LogP contribution is 2.34. The molecule has 2 heterocycles. The first-order valence-corrected chi connectivity index (χ1v) is 7.45. The third-order valence-electron chi connectivity index (χ3n) is 4.45. The number of hydrogen-bond donors (Lipinski definition) is 1. The maximum Gasteiger partial charge on any atom is 0.227 e. The fraction of sp³-hybridized carbons (Fsp3) is 0.562. The minimum absolute atomic E-state index is 0.175. The van der Waals surface area contributed by atoms with Crippen LogP contribution in [0.25, 0.3) is 0 Å². The van der Waals surface area contributed by atoms with E-state index in [0.29, 0.717) is 5.91 Å². The predicted octanol–water partition coefficient (Wildman–Crippen LogP) is 1.97. The molecular formula is C16H22N2O2. The van der Waals surface area contributed by atoms with Crippen LogP contribution in [0.2, 0.25) is 0 Å². The van der Waals surface area contributed by atoms with E-state index in [1.165, 1.54) is 5.56 Å². The van der Waals surface area contributed by atoms with Crippen molar-refractivity contribution in [1.82, 2.24) is 10.2 Å². The summed E-state index contributed by atoms with van der Waals surface area (Å²) in [4.78, 5) is 14.7. The van der Waals surface area contributed by atoms with Crippen molar-refractivity contribution >= 4 is 5.91 Å². The molecule has 0 aromatic heterocycles. The molecule has 108 valence electrons. The smallest absolute Gasteiger partial charge is 0.227 e. The van der Waals surface area contributed by atoms with Crippen LogP contribution < -0.4 is 10.1 Å². The van der Waals surface area contributed by atoms with Gasteiger partial charge >= 0.3 is 0 Å². The van der Waals surface area contributed by atoms with Crippen LogP contribution in [0, 0.1) is 5.92 Å². The predicted molar refractivity (Wildman–Crippen MR) is 77.7 cm³/mol. The lowest BCUT2D eigenvalue weighted by molar-refractivity contribution is -0.135. The number of rotatable bonds is 3. The molecule has 2 fully saturated rings. The Bertz CT molecular complexity index is 466. The average molecular weight is 274 g/mol. The SMILES string of the molecule is COc1ccc(C2CCCN2C(=O)C2CCNC2)cc1. The van der Waals surface area contributed by atoms with Crippen molar-refractivity contribution < 1.29 is 9.53 Å². The highest BCUT2D eigenvalue weighted by atomic mass is 16.5. The van der Waals surface area contributed by atoms with Crippen molar-refractivity contribution in [1.29, 1.82) is 0 Å². The van der Waals surface area contributed by atoms with Gasteiger partial charge in [0.05, 0.1) is 19.1 Å². The molecule has 2 atom stereocenters. The number of ether oxygens (including phenoxy) is 1. The van der Waals surface area contributed by atoms with Gasteiger partial charge in [-0.15, -0.1) is 0 Å². The monoisotopic (exact) mass is 274 g/mol. The molecule has 0 saturated carbocycles. The third kappa shape index (κ3) is 2.52. The van der Waals surface area contributed by atoms with Crippen LogP contribution >= 0.6 is 0 Å². The molecule has 1 aromatic rings. The van der Waals surface area contributed by atoms with Gasteiger partial charge in [-0.1, -0.05) is 12.1 Å². The van der Waals surface area contributed by atoms with Gasteiger partial charge in [-0.3, -0.25) is 4.79 Å². The highest BCUT2D eigenvalue weighted by molar-refractivity contribution is 5.80. The lowest BCUT2D eigenvalue weighted by Crippen LogP contribution is -2.36. The standard InChI is InChI=1S/C16H22N2O2/c1-20-14-6-4-12(5-7-14)15-3-2-10-18(15)16(19)13-8-9-17-11-13/h4-7,13,15,17H,2-3,8-11H2,1H3. The molecule has 0 bridgehead atoms. The molecule has 4 nitrogen and oxygen atoms in total. The Labute approximate surface area is 120 Å². The number of carbonyl (C=O) groups excluding carboxylic acids is 1. The third-order valence-corrected chi connectivity index (χ3v) is 4.45. The second-order valence-electron chi connectivity index (χ2n) is 5.65. The summed E-state index contributed by atoms with van der Waals surface area (Å²) in [6.07, 6.45) is 3.14. The van der Waals surface area contributed by atoms with E-state index in [0.717, 1.165) is 44.6 Å². The van der Waals surface area contributed by atoms with Crippen LogP contribution in [0.5, 0.6) is 5.75 Å². The van der Waals surface area contributed by atoms with Crippen molar-refractivity contribution in [2.45, 2.75) is 25.3 Å².